The molecular weight excluding hydrogens is 288 g/mol. The first kappa shape index (κ1) is 17.7. The monoisotopic (exact) mass is 312 g/mol. The minimum atomic E-state index is -0.899. The second-order valence-electron chi connectivity index (χ2n) is 5.89. The topological polar surface area (TPSA) is 78.4 Å². The van der Waals surface area contributed by atoms with E-state index in [1.54, 1.807) is 18.4 Å². The van der Waals surface area contributed by atoms with E-state index >= 15 is 0 Å². The van der Waals surface area contributed by atoms with Crippen LogP contribution in [0.15, 0.2) is 16.8 Å². The lowest BCUT2D eigenvalue weighted by Gasteiger charge is -2.25. The van der Waals surface area contributed by atoms with E-state index in [-0.39, 0.29) is 31.3 Å². The molecule has 3 N–H and O–H groups in total. The third-order valence-corrected chi connectivity index (χ3v) is 3.62. The average molecular weight is 312 g/mol. The molecule has 0 aliphatic rings. The van der Waals surface area contributed by atoms with E-state index in [4.69, 9.17) is 0 Å². The zero-order valence-corrected chi connectivity index (χ0v) is 13.6. The Morgan fingerprint density at radius 1 is 1.38 bits per heavy atom. The largest absolute Gasteiger partial charge is 0.388 e. The van der Waals surface area contributed by atoms with Crippen molar-refractivity contribution in [2.24, 2.45) is 5.92 Å². The molecule has 1 heterocycles. The predicted octanol–water partition coefficient (Wildman–Crippen LogP) is 1.78. The smallest absolute Gasteiger partial charge is 0.252 e. The summed E-state index contributed by atoms with van der Waals surface area (Å²) in [6.07, 6.45) is 0.829. The van der Waals surface area contributed by atoms with Crippen molar-refractivity contribution in [3.05, 3.63) is 22.4 Å². The van der Waals surface area contributed by atoms with Gasteiger partial charge in [0.05, 0.1) is 5.60 Å². The normalized spacial score (nSPS) is 13.8. The first-order valence-electron chi connectivity index (χ1n) is 7.09. The quantitative estimate of drug-likeness (QED) is 0.684. The van der Waals surface area contributed by atoms with Crippen LogP contribution in [-0.2, 0) is 4.79 Å². The minimum absolute atomic E-state index is 0.171. The van der Waals surface area contributed by atoms with Crippen molar-refractivity contribution < 1.29 is 14.7 Å². The zero-order valence-electron chi connectivity index (χ0n) is 12.8. The van der Waals surface area contributed by atoms with Crippen molar-refractivity contribution in [3.63, 3.8) is 0 Å². The second kappa shape index (κ2) is 8.14. The maximum absolute atomic E-state index is 11.7. The number of rotatable bonds is 8. The van der Waals surface area contributed by atoms with E-state index in [1.165, 1.54) is 11.3 Å². The summed E-state index contributed by atoms with van der Waals surface area (Å²) in [5.74, 6) is 0.0160. The van der Waals surface area contributed by atoms with Gasteiger partial charge in [-0.3, -0.25) is 9.59 Å². The molecule has 1 aromatic heterocycles. The summed E-state index contributed by atoms with van der Waals surface area (Å²) in [4.78, 5) is 23.3. The highest BCUT2D eigenvalue weighted by Crippen LogP contribution is 2.14. The number of nitrogens with one attached hydrogen (secondary N) is 2. The van der Waals surface area contributed by atoms with Crippen LogP contribution < -0.4 is 10.6 Å². The fraction of sp³-hybridized carbons (Fsp3) is 0.600. The summed E-state index contributed by atoms with van der Waals surface area (Å²) in [7, 11) is 0. The van der Waals surface area contributed by atoms with Gasteiger partial charge in [0.1, 0.15) is 0 Å². The molecule has 0 spiro atoms. The van der Waals surface area contributed by atoms with Crippen LogP contribution in [0.5, 0.6) is 0 Å². The minimum Gasteiger partial charge on any atom is -0.388 e. The standard InChI is InChI=1S/C15H24N2O3S/c1-11(2)8-15(3,20)10-17-13(18)4-6-16-14(19)12-5-7-21-9-12/h5,7,9,11,20H,4,6,8,10H2,1-3H3,(H,16,19)(H,17,18). The lowest BCUT2D eigenvalue weighted by molar-refractivity contribution is -0.122. The Labute approximate surface area is 129 Å². The van der Waals surface area contributed by atoms with E-state index in [2.05, 4.69) is 10.6 Å². The fourth-order valence-corrected chi connectivity index (χ4v) is 2.75. The van der Waals surface area contributed by atoms with E-state index < -0.39 is 5.60 Å². The third kappa shape index (κ3) is 7.24. The summed E-state index contributed by atoms with van der Waals surface area (Å²) in [5.41, 5.74) is -0.288. The van der Waals surface area contributed by atoms with Gasteiger partial charge in [0.15, 0.2) is 0 Å². The zero-order chi connectivity index (χ0) is 15.9. The lowest BCUT2D eigenvalue weighted by atomic mass is 9.94. The van der Waals surface area contributed by atoms with Gasteiger partial charge in [-0.05, 0) is 30.7 Å². The molecule has 1 rings (SSSR count). The molecule has 1 unspecified atom stereocenters. The van der Waals surface area contributed by atoms with Gasteiger partial charge in [-0.2, -0.15) is 11.3 Å². The molecule has 0 aliphatic heterocycles. The summed E-state index contributed by atoms with van der Waals surface area (Å²) >= 11 is 1.46. The lowest BCUT2D eigenvalue weighted by Crippen LogP contribution is -2.42. The summed E-state index contributed by atoms with van der Waals surface area (Å²) in [6, 6.07) is 1.74. The molecule has 21 heavy (non-hydrogen) atoms. The molecule has 1 atom stereocenters. The van der Waals surface area contributed by atoms with Crippen LogP contribution in [0.2, 0.25) is 0 Å². The Kier molecular flexibility index (Phi) is 6.84. The third-order valence-electron chi connectivity index (χ3n) is 2.94. The maximum Gasteiger partial charge on any atom is 0.252 e. The highest BCUT2D eigenvalue weighted by atomic mass is 32.1. The van der Waals surface area contributed by atoms with E-state index in [1.807, 2.05) is 19.2 Å². The van der Waals surface area contributed by atoms with E-state index in [0.29, 0.717) is 17.9 Å². The molecule has 0 radical (unpaired) electrons. The molecular formula is C15H24N2O3S. The SMILES string of the molecule is CC(C)CC(C)(O)CNC(=O)CCNC(=O)c1ccsc1. The Balaban J connectivity index is 2.21. The average Bonchev–Trinajstić information content (AvgIpc) is 2.88. The molecule has 5 nitrogen and oxygen atoms in total. The van der Waals surface area contributed by atoms with Crippen molar-refractivity contribution in [2.45, 2.75) is 39.2 Å². The fourth-order valence-electron chi connectivity index (χ4n) is 2.11. The predicted molar refractivity (Wildman–Crippen MR) is 84.4 cm³/mol. The molecule has 0 saturated heterocycles. The van der Waals surface area contributed by atoms with Gasteiger partial charge in [-0.25, -0.2) is 0 Å². The highest BCUT2D eigenvalue weighted by molar-refractivity contribution is 7.08. The van der Waals surface area contributed by atoms with Crippen LogP contribution in [0, 0.1) is 5.92 Å². The highest BCUT2D eigenvalue weighted by Gasteiger charge is 2.22. The summed E-state index contributed by atoms with van der Waals surface area (Å²) < 4.78 is 0. The van der Waals surface area contributed by atoms with Gasteiger partial charge < -0.3 is 15.7 Å². The van der Waals surface area contributed by atoms with Crippen LogP contribution in [0.3, 0.4) is 0 Å². The summed E-state index contributed by atoms with van der Waals surface area (Å²) in [5, 5.41) is 19.1. The molecule has 0 aliphatic carbocycles. The van der Waals surface area contributed by atoms with Crippen LogP contribution in [0.25, 0.3) is 0 Å². The summed E-state index contributed by atoms with van der Waals surface area (Å²) in [6.45, 7) is 6.27. The Bertz CT molecular complexity index is 455. The molecule has 0 fully saturated rings. The number of aliphatic hydroxyl groups is 1. The van der Waals surface area contributed by atoms with Gasteiger partial charge in [0.25, 0.3) is 5.91 Å². The van der Waals surface area contributed by atoms with Crippen LogP contribution >= 0.6 is 11.3 Å². The molecule has 6 heteroatoms. The Morgan fingerprint density at radius 2 is 2.10 bits per heavy atom. The molecule has 0 bridgehead atoms. The first-order chi connectivity index (χ1) is 9.80. The maximum atomic E-state index is 11.7. The van der Waals surface area contributed by atoms with Crippen molar-refractivity contribution in [2.75, 3.05) is 13.1 Å². The number of amides is 2. The van der Waals surface area contributed by atoms with Gasteiger partial charge in [-0.1, -0.05) is 13.8 Å². The van der Waals surface area contributed by atoms with Gasteiger partial charge in [0, 0.05) is 30.5 Å². The molecule has 118 valence electrons. The van der Waals surface area contributed by atoms with Gasteiger partial charge >= 0.3 is 0 Å². The Hall–Kier alpha value is -1.40. The van der Waals surface area contributed by atoms with Gasteiger partial charge in [-0.15, -0.1) is 0 Å². The van der Waals surface area contributed by atoms with Crippen LogP contribution in [-0.4, -0.2) is 35.6 Å². The molecule has 1 aromatic rings. The van der Waals surface area contributed by atoms with E-state index in [9.17, 15) is 14.7 Å². The number of carbonyl (C=O) groups excluding carboxylic acids is 2. The Morgan fingerprint density at radius 3 is 2.67 bits per heavy atom. The second-order valence-corrected chi connectivity index (χ2v) is 6.67. The van der Waals surface area contributed by atoms with E-state index in [0.717, 1.165) is 0 Å². The van der Waals surface area contributed by atoms with Crippen molar-refractivity contribution >= 4 is 23.2 Å². The number of carbonyl (C=O) groups is 2. The number of thiophene rings is 1. The number of hydrogen-bond donors (Lipinski definition) is 3. The first-order valence-corrected chi connectivity index (χ1v) is 8.04. The molecule has 0 aromatic carbocycles. The van der Waals surface area contributed by atoms with Gasteiger partial charge in [0.2, 0.25) is 5.91 Å². The van der Waals surface area contributed by atoms with Crippen molar-refractivity contribution in [1.82, 2.24) is 10.6 Å². The molecule has 0 saturated carbocycles. The van der Waals surface area contributed by atoms with Crippen molar-refractivity contribution in [3.8, 4) is 0 Å². The van der Waals surface area contributed by atoms with Crippen LogP contribution in [0.4, 0.5) is 0 Å². The number of hydrogen-bond acceptors (Lipinski definition) is 4. The van der Waals surface area contributed by atoms with Crippen LogP contribution in [0.1, 0.15) is 44.0 Å². The molecule has 2 amide bonds. The van der Waals surface area contributed by atoms with Crippen molar-refractivity contribution in [1.29, 1.82) is 0 Å².